The standard InChI is InChI=1S/C31H28FN3O4S2/c1-3-4-16-39-24-7-5-6-22(17-24)26-25(27(36)21-12-8-19(2)9-13-21)28(37)29(38)35(26)30-33-34-31(41-30)40-18-20-10-14-23(32)15-11-20/h5-15,17,26,36H,3-4,16,18H2,1-2H3/b27-25+. The van der Waals surface area contributed by atoms with Crippen LogP contribution >= 0.6 is 23.1 Å². The van der Waals surface area contributed by atoms with Gasteiger partial charge in [0.15, 0.2) is 4.34 Å². The minimum absolute atomic E-state index is 0.0275. The van der Waals surface area contributed by atoms with Gasteiger partial charge in [-0.2, -0.15) is 0 Å². The van der Waals surface area contributed by atoms with Gasteiger partial charge in [-0.1, -0.05) is 90.5 Å². The first-order chi connectivity index (χ1) is 19.9. The topological polar surface area (TPSA) is 92.6 Å². The van der Waals surface area contributed by atoms with Crippen LogP contribution in [0, 0.1) is 12.7 Å². The Labute approximate surface area is 245 Å². The maximum Gasteiger partial charge on any atom is 0.301 e. The SMILES string of the molecule is CCCCOc1cccc(C2/C(=C(\O)c3ccc(C)cc3)C(=O)C(=O)N2c2nnc(SCc3ccc(F)cc3)s2)c1. The molecule has 1 fully saturated rings. The van der Waals surface area contributed by atoms with Crippen molar-refractivity contribution in [3.05, 3.63) is 106 Å². The number of aliphatic hydroxyl groups excluding tert-OH is 1. The van der Waals surface area contributed by atoms with Gasteiger partial charge in [0.05, 0.1) is 18.2 Å². The van der Waals surface area contributed by atoms with Gasteiger partial charge < -0.3 is 9.84 Å². The fraction of sp³-hybridized carbons (Fsp3) is 0.226. The number of halogens is 1. The van der Waals surface area contributed by atoms with Crippen LogP contribution in [0.15, 0.2) is 82.7 Å². The molecule has 2 heterocycles. The van der Waals surface area contributed by atoms with Gasteiger partial charge in [-0.3, -0.25) is 14.5 Å². The highest BCUT2D eigenvalue weighted by Crippen LogP contribution is 2.44. The Kier molecular flexibility index (Phi) is 8.80. The molecule has 1 aliphatic rings. The van der Waals surface area contributed by atoms with Crippen molar-refractivity contribution >= 4 is 45.7 Å². The van der Waals surface area contributed by atoms with Gasteiger partial charge in [-0.05, 0) is 48.7 Å². The number of aryl methyl sites for hydroxylation is 1. The van der Waals surface area contributed by atoms with Crippen molar-refractivity contribution in [2.24, 2.45) is 0 Å². The first-order valence-corrected chi connectivity index (χ1v) is 15.0. The van der Waals surface area contributed by atoms with Crippen LogP contribution in [0.5, 0.6) is 5.75 Å². The summed E-state index contributed by atoms with van der Waals surface area (Å²) in [7, 11) is 0. The summed E-state index contributed by atoms with van der Waals surface area (Å²) in [5.41, 5.74) is 2.91. The summed E-state index contributed by atoms with van der Waals surface area (Å²) >= 11 is 2.57. The number of aliphatic hydroxyl groups is 1. The fourth-order valence-electron chi connectivity index (χ4n) is 4.40. The lowest BCUT2D eigenvalue weighted by molar-refractivity contribution is -0.132. The summed E-state index contributed by atoms with van der Waals surface area (Å²) < 4.78 is 19.8. The van der Waals surface area contributed by atoms with E-state index >= 15 is 0 Å². The lowest BCUT2D eigenvalue weighted by Crippen LogP contribution is -2.29. The van der Waals surface area contributed by atoms with Gasteiger partial charge >= 0.3 is 5.91 Å². The second-order valence-corrected chi connectivity index (χ2v) is 11.8. The summed E-state index contributed by atoms with van der Waals surface area (Å²) in [4.78, 5) is 28.3. The van der Waals surface area contributed by atoms with Gasteiger partial charge in [-0.15, -0.1) is 10.2 Å². The largest absolute Gasteiger partial charge is 0.507 e. The number of benzene rings is 3. The van der Waals surface area contributed by atoms with Crippen LogP contribution in [-0.4, -0.2) is 33.6 Å². The minimum atomic E-state index is -0.936. The van der Waals surface area contributed by atoms with Crippen LogP contribution in [0.1, 0.15) is 48.1 Å². The zero-order valence-electron chi connectivity index (χ0n) is 22.5. The van der Waals surface area contributed by atoms with E-state index in [9.17, 15) is 19.1 Å². The highest BCUT2D eigenvalue weighted by Gasteiger charge is 2.48. The summed E-state index contributed by atoms with van der Waals surface area (Å²) in [5, 5.41) is 20.1. The van der Waals surface area contributed by atoms with Crippen LogP contribution in [0.2, 0.25) is 0 Å². The molecule has 41 heavy (non-hydrogen) atoms. The Hall–Kier alpha value is -4.02. The van der Waals surface area contributed by atoms with Crippen LogP contribution in [0.25, 0.3) is 5.76 Å². The number of carbonyl (C=O) groups is 2. The maximum absolute atomic E-state index is 13.5. The number of hydrogen-bond acceptors (Lipinski definition) is 8. The van der Waals surface area contributed by atoms with E-state index in [2.05, 4.69) is 17.1 Å². The van der Waals surface area contributed by atoms with Crippen LogP contribution in [0.4, 0.5) is 9.52 Å². The first-order valence-electron chi connectivity index (χ1n) is 13.2. The van der Waals surface area contributed by atoms with Crippen LogP contribution in [-0.2, 0) is 15.3 Å². The van der Waals surface area contributed by atoms with Gasteiger partial charge in [-0.25, -0.2) is 4.39 Å². The number of amides is 1. The second kappa shape index (κ2) is 12.7. The van der Waals surface area contributed by atoms with Crippen LogP contribution < -0.4 is 9.64 Å². The Balaban J connectivity index is 1.53. The van der Waals surface area contributed by atoms with E-state index in [1.54, 1.807) is 42.5 Å². The molecular formula is C31H28FN3O4S2. The number of carbonyl (C=O) groups excluding carboxylic acids is 2. The molecule has 0 spiro atoms. The Morgan fingerprint density at radius 1 is 1.07 bits per heavy atom. The molecule has 1 amide bonds. The Morgan fingerprint density at radius 3 is 2.56 bits per heavy atom. The Morgan fingerprint density at radius 2 is 1.83 bits per heavy atom. The molecular weight excluding hydrogens is 561 g/mol. The number of aromatic nitrogens is 2. The van der Waals surface area contributed by atoms with E-state index in [-0.39, 0.29) is 22.3 Å². The molecule has 1 unspecified atom stereocenters. The van der Waals surface area contributed by atoms with Crippen molar-refractivity contribution in [1.29, 1.82) is 0 Å². The third kappa shape index (κ3) is 6.34. The number of rotatable bonds is 10. The zero-order valence-corrected chi connectivity index (χ0v) is 24.2. The number of ether oxygens (including phenoxy) is 1. The molecule has 0 radical (unpaired) electrons. The average Bonchev–Trinajstić information content (AvgIpc) is 3.55. The van der Waals surface area contributed by atoms with Gasteiger partial charge in [0, 0.05) is 11.3 Å². The van der Waals surface area contributed by atoms with Crippen molar-refractivity contribution in [2.75, 3.05) is 11.5 Å². The van der Waals surface area contributed by atoms with Crippen molar-refractivity contribution in [2.45, 2.75) is 42.8 Å². The highest BCUT2D eigenvalue weighted by molar-refractivity contribution is 8.00. The summed E-state index contributed by atoms with van der Waals surface area (Å²) in [6.07, 6.45) is 1.87. The highest BCUT2D eigenvalue weighted by atomic mass is 32.2. The molecule has 1 aliphatic heterocycles. The molecule has 7 nitrogen and oxygen atoms in total. The predicted molar refractivity (Wildman–Crippen MR) is 159 cm³/mol. The van der Waals surface area contributed by atoms with Gasteiger partial charge in [0.25, 0.3) is 5.78 Å². The molecule has 1 N–H and O–H groups in total. The second-order valence-electron chi connectivity index (χ2n) is 9.58. The molecule has 1 atom stereocenters. The van der Waals surface area contributed by atoms with Crippen molar-refractivity contribution < 1.29 is 23.8 Å². The molecule has 210 valence electrons. The molecule has 0 aliphatic carbocycles. The number of anilines is 1. The zero-order chi connectivity index (χ0) is 28.9. The van der Waals surface area contributed by atoms with E-state index in [0.29, 0.717) is 33.6 Å². The molecule has 10 heteroatoms. The predicted octanol–water partition coefficient (Wildman–Crippen LogP) is 7.08. The number of hydrogen-bond donors (Lipinski definition) is 1. The number of Topliss-reactive ketones (excluding diaryl/α,β-unsaturated/α-hetero) is 1. The lowest BCUT2D eigenvalue weighted by Gasteiger charge is -2.23. The minimum Gasteiger partial charge on any atom is -0.507 e. The number of thioether (sulfide) groups is 1. The fourth-order valence-corrected chi connectivity index (χ4v) is 6.23. The first kappa shape index (κ1) is 28.5. The lowest BCUT2D eigenvalue weighted by atomic mass is 9.95. The number of nitrogens with zero attached hydrogens (tertiary/aromatic N) is 3. The normalized spacial score (nSPS) is 16.4. The molecule has 1 saturated heterocycles. The molecule has 5 rings (SSSR count). The summed E-state index contributed by atoms with van der Waals surface area (Å²) in [6.45, 7) is 4.54. The molecule has 1 aromatic heterocycles. The third-order valence-corrected chi connectivity index (χ3v) is 8.71. The summed E-state index contributed by atoms with van der Waals surface area (Å²) in [5.74, 6) is -1.04. The quantitative estimate of drug-likeness (QED) is 0.0528. The monoisotopic (exact) mass is 589 g/mol. The van der Waals surface area contributed by atoms with E-state index in [4.69, 9.17) is 4.74 Å². The molecule has 4 aromatic rings. The maximum atomic E-state index is 13.5. The Bertz CT molecular complexity index is 1590. The van der Waals surface area contributed by atoms with E-state index < -0.39 is 17.7 Å². The number of ketones is 1. The molecule has 3 aromatic carbocycles. The van der Waals surface area contributed by atoms with E-state index in [1.807, 2.05) is 25.1 Å². The van der Waals surface area contributed by atoms with E-state index in [1.165, 1.54) is 40.1 Å². The van der Waals surface area contributed by atoms with Crippen molar-refractivity contribution in [3.8, 4) is 5.75 Å². The number of unbranched alkanes of at least 4 members (excludes halogenated alkanes) is 1. The smallest absolute Gasteiger partial charge is 0.301 e. The molecule has 0 saturated carbocycles. The van der Waals surface area contributed by atoms with Crippen molar-refractivity contribution in [1.82, 2.24) is 10.2 Å². The van der Waals surface area contributed by atoms with Gasteiger partial charge in [0.2, 0.25) is 5.13 Å². The van der Waals surface area contributed by atoms with E-state index in [0.717, 1.165) is 24.0 Å². The average molecular weight is 590 g/mol. The summed E-state index contributed by atoms with van der Waals surface area (Å²) in [6, 6.07) is 19.5. The van der Waals surface area contributed by atoms with Gasteiger partial charge in [0.1, 0.15) is 17.3 Å². The van der Waals surface area contributed by atoms with Crippen LogP contribution in [0.3, 0.4) is 0 Å². The molecule has 0 bridgehead atoms. The van der Waals surface area contributed by atoms with Crippen molar-refractivity contribution in [3.63, 3.8) is 0 Å². The third-order valence-electron chi connectivity index (χ3n) is 6.59.